The summed E-state index contributed by atoms with van der Waals surface area (Å²) in [7, 11) is 0. The zero-order valence-electron chi connectivity index (χ0n) is 33.0. The minimum absolute atomic E-state index is 1.10. The third-order valence-electron chi connectivity index (χ3n) is 11.8. The molecule has 1 aromatic heterocycles. The first-order valence-corrected chi connectivity index (χ1v) is 20.6. The smallest absolute Gasteiger partial charge is 0.0547 e. The first-order valence-electron chi connectivity index (χ1n) is 20.6. The van der Waals surface area contributed by atoms with Gasteiger partial charge in [0.05, 0.1) is 11.0 Å². The van der Waals surface area contributed by atoms with Crippen molar-refractivity contribution in [3.8, 4) is 50.2 Å². The highest BCUT2D eigenvalue weighted by Gasteiger charge is 2.19. The molecule has 60 heavy (non-hydrogen) atoms. The monoisotopic (exact) mass is 764 g/mol. The van der Waals surface area contributed by atoms with Crippen LogP contribution < -0.4 is 4.90 Å². The molecule has 0 spiro atoms. The van der Waals surface area contributed by atoms with E-state index in [0.717, 1.165) is 28.3 Å². The van der Waals surface area contributed by atoms with Crippen LogP contribution in [0.2, 0.25) is 0 Å². The van der Waals surface area contributed by atoms with Crippen molar-refractivity contribution in [1.29, 1.82) is 0 Å². The lowest BCUT2D eigenvalue weighted by Gasteiger charge is -2.26. The maximum atomic E-state index is 2.40. The topological polar surface area (TPSA) is 8.17 Å². The summed E-state index contributed by atoms with van der Waals surface area (Å²) in [5, 5.41) is 4.97. The van der Waals surface area contributed by atoms with E-state index in [9.17, 15) is 0 Å². The highest BCUT2D eigenvalue weighted by atomic mass is 15.1. The summed E-state index contributed by atoms with van der Waals surface area (Å²) < 4.78 is 2.40. The van der Waals surface area contributed by atoms with Crippen molar-refractivity contribution in [3.63, 3.8) is 0 Å². The number of benzene rings is 10. The van der Waals surface area contributed by atoms with E-state index in [1.807, 2.05) is 0 Å². The second kappa shape index (κ2) is 15.1. The van der Waals surface area contributed by atoms with Crippen molar-refractivity contribution in [3.05, 3.63) is 243 Å². The van der Waals surface area contributed by atoms with Crippen LogP contribution >= 0.6 is 0 Å². The maximum Gasteiger partial charge on any atom is 0.0547 e. The molecule has 0 saturated heterocycles. The highest BCUT2D eigenvalue weighted by Crippen LogP contribution is 2.43. The van der Waals surface area contributed by atoms with E-state index in [1.54, 1.807) is 0 Å². The zero-order chi connectivity index (χ0) is 39.8. The predicted octanol–water partition coefficient (Wildman–Crippen LogP) is 16.1. The first kappa shape index (κ1) is 35.2. The molecule has 0 saturated carbocycles. The van der Waals surface area contributed by atoms with E-state index < -0.39 is 0 Å². The SMILES string of the molecule is c1ccc(-c2ccc(N(c3ccccc3)c3ccc(-c4cc(-c5cccc6ccccc56)cc(-c5cccc6c5c5ccccc5n6-c5ccccc5)c4)cc3)cc2)cc1. The average molecular weight is 765 g/mol. The minimum atomic E-state index is 1.10. The van der Waals surface area contributed by atoms with Crippen LogP contribution in [0.15, 0.2) is 243 Å². The normalized spacial score (nSPS) is 11.3. The second-order valence-electron chi connectivity index (χ2n) is 15.3. The Morgan fingerprint density at radius 3 is 1.47 bits per heavy atom. The van der Waals surface area contributed by atoms with Gasteiger partial charge < -0.3 is 9.47 Å². The van der Waals surface area contributed by atoms with Gasteiger partial charge in [-0.3, -0.25) is 0 Å². The number of rotatable bonds is 8. The number of hydrogen-bond acceptors (Lipinski definition) is 1. The van der Waals surface area contributed by atoms with Crippen molar-refractivity contribution in [2.24, 2.45) is 0 Å². The van der Waals surface area contributed by atoms with Crippen LogP contribution in [0.1, 0.15) is 0 Å². The molecule has 0 radical (unpaired) electrons. The molecule has 1 heterocycles. The van der Waals surface area contributed by atoms with Crippen LogP contribution in [-0.2, 0) is 0 Å². The Morgan fingerprint density at radius 1 is 0.283 bits per heavy atom. The Balaban J connectivity index is 1.07. The van der Waals surface area contributed by atoms with Gasteiger partial charge in [0.2, 0.25) is 0 Å². The van der Waals surface area contributed by atoms with Gasteiger partial charge in [0.15, 0.2) is 0 Å². The molecule has 0 N–H and O–H groups in total. The summed E-state index contributed by atoms with van der Waals surface area (Å²) in [6.07, 6.45) is 0. The van der Waals surface area contributed by atoms with Crippen molar-refractivity contribution < 1.29 is 0 Å². The fourth-order valence-electron chi connectivity index (χ4n) is 8.96. The third kappa shape index (κ3) is 6.32. The summed E-state index contributed by atoms with van der Waals surface area (Å²) in [4.78, 5) is 2.33. The summed E-state index contributed by atoms with van der Waals surface area (Å²) in [5.41, 5.74) is 16.4. The van der Waals surface area contributed by atoms with Crippen molar-refractivity contribution in [2.75, 3.05) is 4.90 Å². The molecule has 2 heteroatoms. The lowest BCUT2D eigenvalue weighted by Crippen LogP contribution is -2.09. The van der Waals surface area contributed by atoms with E-state index in [1.165, 1.54) is 71.5 Å². The van der Waals surface area contributed by atoms with E-state index in [-0.39, 0.29) is 0 Å². The van der Waals surface area contributed by atoms with E-state index in [0.29, 0.717) is 0 Å². The van der Waals surface area contributed by atoms with Gasteiger partial charge in [-0.15, -0.1) is 0 Å². The van der Waals surface area contributed by atoms with Gasteiger partial charge in [-0.1, -0.05) is 164 Å². The van der Waals surface area contributed by atoms with Crippen LogP contribution in [0.25, 0.3) is 82.8 Å². The molecule has 0 aliphatic carbocycles. The predicted molar refractivity (Wildman–Crippen MR) is 255 cm³/mol. The molecule has 0 aliphatic heterocycles. The molecule has 282 valence electrons. The molecule has 10 aromatic carbocycles. The van der Waals surface area contributed by atoms with Gasteiger partial charge in [-0.2, -0.15) is 0 Å². The molecule has 0 atom stereocenters. The van der Waals surface area contributed by atoms with Crippen molar-refractivity contribution >= 4 is 49.6 Å². The molecule has 0 fully saturated rings. The molecule has 11 rings (SSSR count). The van der Waals surface area contributed by atoms with Gasteiger partial charge in [-0.05, 0) is 134 Å². The summed E-state index contributed by atoms with van der Waals surface area (Å²) in [5.74, 6) is 0. The fraction of sp³-hybridized carbons (Fsp3) is 0. The molecule has 0 aliphatic rings. The van der Waals surface area contributed by atoms with Crippen LogP contribution in [0.4, 0.5) is 17.1 Å². The molecular weight excluding hydrogens is 725 g/mol. The van der Waals surface area contributed by atoms with E-state index in [4.69, 9.17) is 0 Å². The summed E-state index contributed by atoms with van der Waals surface area (Å²) in [6, 6.07) is 87.9. The van der Waals surface area contributed by atoms with Crippen molar-refractivity contribution in [2.45, 2.75) is 0 Å². The Labute approximate surface area is 350 Å². The number of hydrogen-bond donors (Lipinski definition) is 0. The molecule has 0 unspecified atom stereocenters. The number of anilines is 3. The Bertz CT molecular complexity index is 3270. The van der Waals surface area contributed by atoms with Crippen LogP contribution in [0, 0.1) is 0 Å². The number of nitrogens with zero attached hydrogens (tertiary/aromatic N) is 2. The second-order valence-corrected chi connectivity index (χ2v) is 15.3. The molecular formula is C58H40N2. The lowest BCUT2D eigenvalue weighted by molar-refractivity contribution is 1.18. The first-order chi connectivity index (χ1) is 29.8. The average Bonchev–Trinajstić information content (AvgIpc) is 3.67. The van der Waals surface area contributed by atoms with Crippen molar-refractivity contribution in [1.82, 2.24) is 4.57 Å². The van der Waals surface area contributed by atoms with Gasteiger partial charge in [0.25, 0.3) is 0 Å². The van der Waals surface area contributed by atoms with E-state index in [2.05, 4.69) is 252 Å². The van der Waals surface area contributed by atoms with Crippen LogP contribution in [-0.4, -0.2) is 4.57 Å². The Hall–Kier alpha value is -7.94. The Kier molecular flexibility index (Phi) is 8.87. The largest absolute Gasteiger partial charge is 0.311 e. The molecule has 11 aromatic rings. The Morgan fingerprint density at radius 2 is 0.750 bits per heavy atom. The third-order valence-corrected chi connectivity index (χ3v) is 11.8. The van der Waals surface area contributed by atoms with Crippen LogP contribution in [0.3, 0.4) is 0 Å². The zero-order valence-corrected chi connectivity index (χ0v) is 33.0. The molecule has 0 bridgehead atoms. The van der Waals surface area contributed by atoms with E-state index >= 15 is 0 Å². The minimum Gasteiger partial charge on any atom is -0.311 e. The maximum absolute atomic E-state index is 2.40. The van der Waals surface area contributed by atoms with Gasteiger partial charge in [-0.25, -0.2) is 0 Å². The van der Waals surface area contributed by atoms with Gasteiger partial charge >= 0.3 is 0 Å². The van der Waals surface area contributed by atoms with Crippen LogP contribution in [0.5, 0.6) is 0 Å². The van der Waals surface area contributed by atoms with Gasteiger partial charge in [0, 0.05) is 33.5 Å². The number of fused-ring (bicyclic) bond motifs is 4. The standard InChI is InChI=1S/C58H40N2/c1-4-16-41(17-5-1)42-30-34-50(35-31-42)59(48-20-6-2-7-21-48)51-36-32-43(33-37-51)45-38-46(53-26-14-19-44-18-10-11-24-52(44)53)40-47(39-45)54-27-15-29-57-58(54)55-25-12-13-28-56(55)60(57)49-22-8-3-9-23-49/h1-40H. The number of aromatic nitrogens is 1. The molecule has 2 nitrogen and oxygen atoms in total. The fourth-order valence-corrected chi connectivity index (χ4v) is 8.96. The molecule has 0 amide bonds. The quantitative estimate of drug-likeness (QED) is 0.150. The lowest BCUT2D eigenvalue weighted by atomic mass is 9.90. The summed E-state index contributed by atoms with van der Waals surface area (Å²) >= 11 is 0. The highest BCUT2D eigenvalue weighted by molar-refractivity contribution is 6.16. The van der Waals surface area contributed by atoms with Gasteiger partial charge in [0.1, 0.15) is 0 Å². The number of para-hydroxylation sites is 3. The summed E-state index contributed by atoms with van der Waals surface area (Å²) in [6.45, 7) is 0.